The Morgan fingerprint density at radius 1 is 0.984 bits per heavy atom. The van der Waals surface area contributed by atoms with Crippen molar-refractivity contribution in [1.29, 1.82) is 0 Å². The quantitative estimate of drug-likeness (QED) is 0.0452. The number of carbonyl (C=O) groups excluding carboxylic acids is 4. The second-order valence-electron chi connectivity index (χ2n) is 14.4. The summed E-state index contributed by atoms with van der Waals surface area (Å²) in [7, 11) is -2.89. The zero-order valence-corrected chi connectivity index (χ0v) is 35.9. The van der Waals surface area contributed by atoms with E-state index in [9.17, 15) is 37.6 Å². The van der Waals surface area contributed by atoms with Crippen molar-refractivity contribution in [2.24, 2.45) is 0 Å². The molecule has 63 heavy (non-hydrogen) atoms. The van der Waals surface area contributed by atoms with Crippen molar-refractivity contribution in [2.45, 2.75) is 99.4 Å². The number of carbonyl (C=O) groups is 4. The number of ether oxygens (including phenoxy) is 7. The van der Waals surface area contributed by atoms with Gasteiger partial charge in [0.05, 0.1) is 48.8 Å². The van der Waals surface area contributed by atoms with E-state index >= 15 is 0 Å². The number of esters is 2. The van der Waals surface area contributed by atoms with E-state index in [2.05, 4.69) is 9.79 Å². The molecule has 3 aromatic rings. The summed E-state index contributed by atoms with van der Waals surface area (Å²) >= 11 is 0. The molecular formula is C41H47N3O18S. The summed E-state index contributed by atoms with van der Waals surface area (Å²) in [6.45, 7) is 6.99. The summed E-state index contributed by atoms with van der Waals surface area (Å²) in [4.78, 5) is 66.3. The second-order valence-corrected chi connectivity index (χ2v) is 16.2. The summed E-state index contributed by atoms with van der Waals surface area (Å²) in [5.74, 6) is -3.27. The van der Waals surface area contributed by atoms with Gasteiger partial charge < -0.3 is 47.6 Å². The molecule has 1 N–H and O–H groups in total. The fourth-order valence-corrected chi connectivity index (χ4v) is 8.33. The molecule has 2 bridgehead atoms. The molecule has 0 spiro atoms. The van der Waals surface area contributed by atoms with E-state index in [1.807, 2.05) is 12.4 Å². The van der Waals surface area contributed by atoms with Gasteiger partial charge in [-0.3, -0.25) is 19.0 Å². The molecule has 0 aliphatic carbocycles. The van der Waals surface area contributed by atoms with Crippen LogP contribution in [0.2, 0.25) is 0 Å². The van der Waals surface area contributed by atoms with E-state index in [1.54, 1.807) is 63.3 Å². The fourth-order valence-electron chi connectivity index (χ4n) is 7.04. The van der Waals surface area contributed by atoms with Crippen LogP contribution in [0.3, 0.4) is 0 Å². The van der Waals surface area contributed by atoms with Crippen LogP contribution in [-0.2, 0) is 57.5 Å². The van der Waals surface area contributed by atoms with Crippen molar-refractivity contribution in [1.82, 2.24) is 10.6 Å². The van der Waals surface area contributed by atoms with Crippen LogP contribution < -0.4 is 25.5 Å². The molecule has 340 valence electrons. The van der Waals surface area contributed by atoms with Crippen LogP contribution in [-0.4, -0.2) is 99.9 Å². The minimum atomic E-state index is -4.34. The Labute approximate surface area is 360 Å². The third-order valence-corrected chi connectivity index (χ3v) is 11.6. The van der Waals surface area contributed by atoms with E-state index in [-0.39, 0.29) is 23.0 Å². The second kappa shape index (κ2) is 20.7. The molecule has 2 saturated heterocycles. The summed E-state index contributed by atoms with van der Waals surface area (Å²) in [6, 6.07) is 8.31. The van der Waals surface area contributed by atoms with E-state index in [4.69, 9.17) is 42.4 Å². The molecule has 21 nitrogen and oxygen atoms in total. The molecule has 1 amide bonds. The summed E-state index contributed by atoms with van der Waals surface area (Å²) in [5, 5.41) is 14.5. The number of benzene rings is 1. The summed E-state index contributed by atoms with van der Waals surface area (Å²) < 4.78 is 75.5. The molecule has 2 aromatic heterocycles. The molecule has 0 radical (unpaired) electrons. The van der Waals surface area contributed by atoms with Gasteiger partial charge in [0, 0.05) is 12.5 Å². The lowest BCUT2D eigenvalue weighted by Gasteiger charge is -2.48. The van der Waals surface area contributed by atoms with Crippen LogP contribution in [0.4, 0.5) is 0 Å². The Balaban J connectivity index is 1.13. The van der Waals surface area contributed by atoms with Crippen molar-refractivity contribution < 1.29 is 79.5 Å². The number of nitrogens with zero attached hydrogens (tertiary/aromatic N) is 2. The maximum Gasteiger partial charge on any atom is 0.415 e. The highest BCUT2D eigenvalue weighted by atomic mass is 32.2. The number of rotatable bonds is 19. The van der Waals surface area contributed by atoms with E-state index in [0.29, 0.717) is 23.5 Å². The predicted octanol–water partition coefficient (Wildman–Crippen LogP) is 2.56. The van der Waals surface area contributed by atoms with Gasteiger partial charge in [-0.2, -0.15) is 5.48 Å². The van der Waals surface area contributed by atoms with Gasteiger partial charge in [-0.1, -0.05) is 55.5 Å². The molecule has 1 aromatic carbocycles. The fraction of sp³-hybridized carbons (Fsp3) is 0.439. The average molecular weight is 902 g/mol. The third-order valence-electron chi connectivity index (χ3n) is 9.91. The Morgan fingerprint density at radius 2 is 1.70 bits per heavy atom. The average Bonchev–Trinajstić information content (AvgIpc) is 3.70. The Kier molecular flexibility index (Phi) is 15.6. The van der Waals surface area contributed by atoms with E-state index in [1.165, 1.54) is 44.4 Å². The van der Waals surface area contributed by atoms with E-state index < -0.39 is 105 Å². The molecular weight excluding hydrogens is 855 g/mol. The number of fused-ring (bicyclic) bond motifs is 2. The number of hydrogen-bond acceptors (Lipinski definition) is 19. The Morgan fingerprint density at radius 3 is 2.40 bits per heavy atom. The van der Waals surface area contributed by atoms with Crippen LogP contribution in [0.1, 0.15) is 58.3 Å². The number of aromatic nitrogens is 2. The third kappa shape index (κ3) is 11.2. The van der Waals surface area contributed by atoms with Gasteiger partial charge in [-0.05, 0) is 50.3 Å². The first-order chi connectivity index (χ1) is 29.9. The number of sulfone groups is 1. The molecule has 2 fully saturated rings. The lowest BCUT2D eigenvalue weighted by molar-refractivity contribution is -0.832. The molecule has 0 unspecified atom stereocenters. The standard InChI is InChI=1S/C41H47N3O18S/c1-7-31-40(4)39(56-26(3)45)41(5,60-31)36(29(59-40)18-14-9-8-13-17-28-25(2)30(53-6)23-35(49)57-28)58-33(47)19-20-34(48)61-42-32(46)24-54-21-22-55-37-38(44(50)62-43-37)63(51,52)27-15-11-10-12-16-27/h8-18,23,29,31,36,39H,7,19-22,24H2,1-6H3,(H,42,46)/b9-8+,17-13+,18-14+/t29-,31+,36-,39+,40-,41+/m0/s1. The molecule has 2 aliphatic heterocycles. The Bertz CT molecular complexity index is 2390. The van der Waals surface area contributed by atoms with Gasteiger partial charge in [0.2, 0.25) is 0 Å². The van der Waals surface area contributed by atoms with Crippen LogP contribution in [0.5, 0.6) is 11.6 Å². The topological polar surface area (TPSA) is 271 Å². The number of amides is 1. The first-order valence-corrected chi connectivity index (χ1v) is 20.9. The zero-order valence-electron chi connectivity index (χ0n) is 35.1. The van der Waals surface area contributed by atoms with Crippen LogP contribution in [0.25, 0.3) is 6.08 Å². The van der Waals surface area contributed by atoms with Crippen LogP contribution >= 0.6 is 0 Å². The molecule has 5 rings (SSSR count). The van der Waals surface area contributed by atoms with Crippen molar-refractivity contribution in [3.8, 4) is 11.6 Å². The maximum atomic E-state index is 13.3. The number of nitrogens with one attached hydrogen (secondary N) is 1. The molecule has 4 heterocycles. The normalized spacial score (nSPS) is 23.2. The molecule has 22 heteroatoms. The minimum Gasteiger partial charge on any atom is -0.496 e. The van der Waals surface area contributed by atoms with Gasteiger partial charge in [-0.25, -0.2) is 18.0 Å². The van der Waals surface area contributed by atoms with Crippen LogP contribution in [0, 0.1) is 12.1 Å². The molecule has 6 atom stereocenters. The lowest BCUT2D eigenvalue weighted by atomic mass is 9.77. The van der Waals surface area contributed by atoms with Crippen molar-refractivity contribution in [2.75, 3.05) is 26.9 Å². The first kappa shape index (κ1) is 47.7. The van der Waals surface area contributed by atoms with E-state index in [0.717, 1.165) is 0 Å². The van der Waals surface area contributed by atoms with Crippen molar-refractivity contribution in [3.05, 3.63) is 93.7 Å². The lowest BCUT2D eigenvalue weighted by Crippen LogP contribution is -2.66. The highest BCUT2D eigenvalue weighted by Gasteiger charge is 2.71. The van der Waals surface area contributed by atoms with Gasteiger partial charge in [0.1, 0.15) is 42.0 Å². The SMILES string of the molecule is CC[C@H]1O[C@@]2(C)[C@H](OC(C)=O)[C@@]1(C)O[C@@H](/C=C/C=C/C=C/c1oc(=O)cc(OC)c1C)[C@@H]2OC(=O)CCC(=O)ONC(=O)COCCOc1no[n+]([O-])c1S(=O)(=O)c1ccccc1. The monoisotopic (exact) mass is 901 g/mol. The van der Waals surface area contributed by atoms with Gasteiger partial charge in [0.15, 0.2) is 12.2 Å². The first-order valence-electron chi connectivity index (χ1n) is 19.5. The minimum absolute atomic E-state index is 0.196. The highest BCUT2D eigenvalue weighted by Crippen LogP contribution is 2.52. The van der Waals surface area contributed by atoms with Crippen molar-refractivity contribution in [3.63, 3.8) is 0 Å². The van der Waals surface area contributed by atoms with Gasteiger partial charge >= 0.3 is 34.4 Å². The van der Waals surface area contributed by atoms with Gasteiger partial charge in [-0.15, -0.1) is 0 Å². The largest absolute Gasteiger partial charge is 0.496 e. The highest BCUT2D eigenvalue weighted by molar-refractivity contribution is 7.91. The number of hydroxylamine groups is 1. The van der Waals surface area contributed by atoms with Crippen molar-refractivity contribution >= 4 is 39.7 Å². The number of hydrogen-bond donors (Lipinski definition) is 1. The summed E-state index contributed by atoms with van der Waals surface area (Å²) in [6.07, 6.45) is 5.68. The molecule has 2 aliphatic rings. The molecule has 0 saturated carbocycles. The Hall–Kier alpha value is -6.36. The number of methoxy groups -OCH3 is 1. The predicted molar refractivity (Wildman–Crippen MR) is 213 cm³/mol. The van der Waals surface area contributed by atoms with Crippen LogP contribution in [0.15, 0.2) is 90.5 Å². The summed E-state index contributed by atoms with van der Waals surface area (Å²) in [5.41, 5.74) is -0.567. The van der Waals surface area contributed by atoms with Gasteiger partial charge in [0.25, 0.3) is 15.7 Å². The smallest absolute Gasteiger partial charge is 0.415 e. The number of allylic oxidation sites excluding steroid dienone is 4. The zero-order chi connectivity index (χ0) is 46.0. The maximum absolute atomic E-state index is 13.3.